The Balaban J connectivity index is 2.26. The van der Waals surface area contributed by atoms with Gasteiger partial charge in [0.1, 0.15) is 0 Å². The number of aliphatic hydroxyl groups excluding tert-OH is 1. The standard InChI is InChI=1S/C19H22O3/c1-2-22-19(21)16-12-7-5-3-4-6-11-15-18(20)17-13-9-8-10-14-17/h3-14,16,18,20H,2,15H2,1H3/b4-3+,7-5+,11-6+,16-12+. The normalized spacial score (nSPS) is 13.5. The first-order valence-electron chi connectivity index (χ1n) is 7.30. The molecular weight excluding hydrogens is 276 g/mol. The van der Waals surface area contributed by atoms with Crippen molar-refractivity contribution in [1.29, 1.82) is 0 Å². The third-order valence-electron chi connectivity index (χ3n) is 2.75. The maximum Gasteiger partial charge on any atom is 0.330 e. The molecule has 0 bridgehead atoms. The maximum absolute atomic E-state index is 11.0. The van der Waals surface area contributed by atoms with Crippen molar-refractivity contribution in [1.82, 2.24) is 0 Å². The minimum Gasteiger partial charge on any atom is -0.463 e. The second kappa shape index (κ2) is 11.3. The molecule has 1 rings (SSSR count). The lowest BCUT2D eigenvalue weighted by Crippen LogP contribution is -1.98. The van der Waals surface area contributed by atoms with Gasteiger partial charge in [-0.3, -0.25) is 0 Å². The Morgan fingerprint density at radius 3 is 2.41 bits per heavy atom. The SMILES string of the molecule is CCOC(=O)/C=C/C=C/C=C/C=C/CC(O)c1ccccc1. The number of aliphatic hydroxyl groups is 1. The van der Waals surface area contributed by atoms with E-state index < -0.39 is 6.10 Å². The van der Waals surface area contributed by atoms with Crippen LogP contribution in [0.3, 0.4) is 0 Å². The summed E-state index contributed by atoms with van der Waals surface area (Å²) in [4.78, 5) is 11.0. The number of carbonyl (C=O) groups is 1. The van der Waals surface area contributed by atoms with Gasteiger partial charge in [-0.05, 0) is 18.9 Å². The molecule has 1 aromatic carbocycles. The lowest BCUT2D eigenvalue weighted by atomic mass is 10.1. The summed E-state index contributed by atoms with van der Waals surface area (Å²) in [5.74, 6) is -0.342. The van der Waals surface area contributed by atoms with Crippen LogP contribution in [0.15, 0.2) is 78.9 Å². The summed E-state index contributed by atoms with van der Waals surface area (Å²) in [5.41, 5.74) is 0.917. The minimum atomic E-state index is -0.478. The van der Waals surface area contributed by atoms with Crippen LogP contribution in [0, 0.1) is 0 Å². The number of benzene rings is 1. The molecule has 116 valence electrons. The number of allylic oxidation sites excluding steroid dienone is 6. The van der Waals surface area contributed by atoms with Gasteiger partial charge in [0.25, 0.3) is 0 Å². The molecule has 0 aromatic heterocycles. The maximum atomic E-state index is 11.0. The van der Waals surface area contributed by atoms with Crippen molar-refractivity contribution < 1.29 is 14.6 Å². The molecule has 0 spiro atoms. The fraction of sp³-hybridized carbons (Fsp3) is 0.211. The summed E-state index contributed by atoms with van der Waals surface area (Å²) in [6.45, 7) is 2.15. The van der Waals surface area contributed by atoms with E-state index in [1.54, 1.807) is 19.1 Å². The Hall–Kier alpha value is -2.39. The zero-order valence-corrected chi connectivity index (χ0v) is 12.8. The molecular formula is C19H22O3. The van der Waals surface area contributed by atoms with Crippen molar-refractivity contribution in [2.45, 2.75) is 19.4 Å². The van der Waals surface area contributed by atoms with Gasteiger partial charge in [-0.25, -0.2) is 4.79 Å². The van der Waals surface area contributed by atoms with Crippen molar-refractivity contribution in [3.8, 4) is 0 Å². The Bertz CT molecular complexity index is 539. The molecule has 0 aliphatic rings. The van der Waals surface area contributed by atoms with Crippen LogP contribution in [-0.2, 0) is 9.53 Å². The van der Waals surface area contributed by atoms with Crippen molar-refractivity contribution in [3.05, 3.63) is 84.5 Å². The quantitative estimate of drug-likeness (QED) is 0.450. The highest BCUT2D eigenvalue weighted by Crippen LogP contribution is 2.15. The van der Waals surface area contributed by atoms with Gasteiger partial charge in [0.2, 0.25) is 0 Å². The summed E-state index contributed by atoms with van der Waals surface area (Å²) in [5, 5.41) is 9.95. The Morgan fingerprint density at radius 1 is 1.09 bits per heavy atom. The molecule has 0 heterocycles. The van der Waals surface area contributed by atoms with Crippen LogP contribution in [-0.4, -0.2) is 17.7 Å². The van der Waals surface area contributed by atoms with E-state index in [1.807, 2.05) is 60.7 Å². The first-order valence-corrected chi connectivity index (χ1v) is 7.30. The van der Waals surface area contributed by atoms with Crippen molar-refractivity contribution >= 4 is 5.97 Å². The van der Waals surface area contributed by atoms with E-state index in [9.17, 15) is 9.90 Å². The first-order chi connectivity index (χ1) is 10.7. The number of carbonyl (C=O) groups excluding carboxylic acids is 1. The summed E-state index contributed by atoms with van der Waals surface area (Å²) in [6.07, 6.45) is 14.2. The van der Waals surface area contributed by atoms with Gasteiger partial charge < -0.3 is 9.84 Å². The molecule has 3 heteroatoms. The number of rotatable bonds is 8. The average molecular weight is 298 g/mol. The molecule has 0 saturated carbocycles. The Labute approximate surface area is 131 Å². The van der Waals surface area contributed by atoms with Crippen LogP contribution in [0.4, 0.5) is 0 Å². The van der Waals surface area contributed by atoms with E-state index in [4.69, 9.17) is 4.74 Å². The molecule has 3 nitrogen and oxygen atoms in total. The number of ether oxygens (including phenoxy) is 1. The fourth-order valence-corrected chi connectivity index (χ4v) is 1.68. The van der Waals surface area contributed by atoms with Crippen molar-refractivity contribution in [2.24, 2.45) is 0 Å². The topological polar surface area (TPSA) is 46.5 Å². The smallest absolute Gasteiger partial charge is 0.330 e. The van der Waals surface area contributed by atoms with Crippen LogP contribution in [0.2, 0.25) is 0 Å². The molecule has 1 atom stereocenters. The van der Waals surface area contributed by atoms with Gasteiger partial charge in [-0.2, -0.15) is 0 Å². The lowest BCUT2D eigenvalue weighted by Gasteiger charge is -2.06. The Kier molecular flexibility index (Phi) is 9.06. The zero-order valence-electron chi connectivity index (χ0n) is 12.8. The summed E-state index contributed by atoms with van der Waals surface area (Å²) >= 11 is 0. The molecule has 0 aliphatic carbocycles. The third-order valence-corrected chi connectivity index (χ3v) is 2.75. The fourth-order valence-electron chi connectivity index (χ4n) is 1.68. The van der Waals surface area contributed by atoms with Crippen LogP contribution in [0.25, 0.3) is 0 Å². The number of hydrogen-bond acceptors (Lipinski definition) is 3. The summed E-state index contributed by atoms with van der Waals surface area (Å²) < 4.78 is 4.75. The van der Waals surface area contributed by atoms with Gasteiger partial charge in [-0.1, -0.05) is 72.9 Å². The molecule has 1 unspecified atom stereocenters. The molecule has 0 radical (unpaired) electrons. The molecule has 0 fully saturated rings. The number of esters is 1. The lowest BCUT2D eigenvalue weighted by molar-refractivity contribution is -0.137. The van der Waals surface area contributed by atoms with Crippen LogP contribution < -0.4 is 0 Å². The highest BCUT2D eigenvalue weighted by atomic mass is 16.5. The van der Waals surface area contributed by atoms with Crippen LogP contribution in [0.1, 0.15) is 25.0 Å². The van der Waals surface area contributed by atoms with E-state index in [2.05, 4.69) is 0 Å². The molecule has 0 amide bonds. The highest BCUT2D eigenvalue weighted by molar-refractivity contribution is 5.82. The summed E-state index contributed by atoms with van der Waals surface area (Å²) in [7, 11) is 0. The summed E-state index contributed by atoms with van der Waals surface area (Å²) in [6, 6.07) is 9.57. The van der Waals surface area contributed by atoms with Gasteiger partial charge in [0.15, 0.2) is 0 Å². The monoisotopic (exact) mass is 298 g/mol. The predicted octanol–water partition coefficient (Wildman–Crippen LogP) is 3.90. The molecule has 0 aliphatic heterocycles. The van der Waals surface area contributed by atoms with E-state index in [0.29, 0.717) is 13.0 Å². The Morgan fingerprint density at radius 2 is 1.73 bits per heavy atom. The highest BCUT2D eigenvalue weighted by Gasteiger charge is 2.02. The van der Waals surface area contributed by atoms with Gasteiger partial charge in [-0.15, -0.1) is 0 Å². The largest absolute Gasteiger partial charge is 0.463 e. The second-order valence-corrected chi connectivity index (χ2v) is 4.47. The van der Waals surface area contributed by atoms with E-state index >= 15 is 0 Å². The van der Waals surface area contributed by atoms with Gasteiger partial charge >= 0.3 is 5.97 Å². The van der Waals surface area contributed by atoms with E-state index in [1.165, 1.54) is 6.08 Å². The van der Waals surface area contributed by atoms with Crippen LogP contribution in [0.5, 0.6) is 0 Å². The second-order valence-electron chi connectivity index (χ2n) is 4.47. The van der Waals surface area contributed by atoms with E-state index in [0.717, 1.165) is 5.56 Å². The van der Waals surface area contributed by atoms with Gasteiger partial charge in [0, 0.05) is 6.08 Å². The van der Waals surface area contributed by atoms with Crippen molar-refractivity contribution in [3.63, 3.8) is 0 Å². The van der Waals surface area contributed by atoms with Crippen molar-refractivity contribution in [2.75, 3.05) is 6.61 Å². The third kappa shape index (κ3) is 8.02. The zero-order chi connectivity index (χ0) is 16.0. The average Bonchev–Trinajstić information content (AvgIpc) is 2.54. The minimum absolute atomic E-state index is 0.342. The molecule has 1 N–H and O–H groups in total. The number of hydrogen-bond donors (Lipinski definition) is 1. The predicted molar refractivity (Wildman–Crippen MR) is 89.2 cm³/mol. The first kappa shape index (κ1) is 17.7. The molecule has 1 aromatic rings. The van der Waals surface area contributed by atoms with E-state index in [-0.39, 0.29) is 5.97 Å². The molecule has 22 heavy (non-hydrogen) atoms. The molecule has 0 saturated heterocycles. The van der Waals surface area contributed by atoms with Crippen LogP contribution >= 0.6 is 0 Å². The van der Waals surface area contributed by atoms with Gasteiger partial charge in [0.05, 0.1) is 12.7 Å².